The van der Waals surface area contributed by atoms with Crippen LogP contribution in [0.3, 0.4) is 0 Å². The Bertz CT molecular complexity index is 1070. The van der Waals surface area contributed by atoms with E-state index < -0.39 is 10.0 Å². The SMILES string of the molecule is CNCCOc1ccc(Nc2cc(Nc3cccc(S(=O)(=O)NC)c3)ncn2)cc1. The monoisotopic (exact) mass is 428 g/mol. The predicted octanol–water partition coefficient (Wildman–Crippen LogP) is 2.47. The Labute approximate surface area is 176 Å². The van der Waals surface area contributed by atoms with E-state index >= 15 is 0 Å². The van der Waals surface area contributed by atoms with Crippen LogP contribution in [-0.2, 0) is 10.0 Å². The minimum Gasteiger partial charge on any atom is -0.492 e. The molecule has 2 aromatic carbocycles. The molecule has 0 atom stereocenters. The number of hydrogen-bond acceptors (Lipinski definition) is 8. The Morgan fingerprint density at radius 1 is 0.900 bits per heavy atom. The number of benzene rings is 2. The fraction of sp³-hybridized carbons (Fsp3) is 0.200. The second-order valence-corrected chi connectivity index (χ2v) is 8.14. The molecule has 0 saturated carbocycles. The van der Waals surface area contributed by atoms with Crippen LogP contribution in [0.2, 0.25) is 0 Å². The topological polar surface area (TPSA) is 117 Å². The highest BCUT2D eigenvalue weighted by atomic mass is 32.2. The summed E-state index contributed by atoms with van der Waals surface area (Å²) in [7, 11) is -0.271. The zero-order valence-corrected chi connectivity index (χ0v) is 17.5. The number of hydrogen-bond donors (Lipinski definition) is 4. The van der Waals surface area contributed by atoms with Gasteiger partial charge in [-0.2, -0.15) is 0 Å². The molecule has 3 aromatic rings. The maximum Gasteiger partial charge on any atom is 0.240 e. The molecule has 0 aliphatic rings. The molecule has 3 rings (SSSR count). The number of rotatable bonds is 10. The maximum absolute atomic E-state index is 12.0. The van der Waals surface area contributed by atoms with E-state index in [4.69, 9.17) is 4.74 Å². The van der Waals surface area contributed by atoms with Crippen molar-refractivity contribution in [2.75, 3.05) is 37.9 Å². The number of nitrogens with one attached hydrogen (secondary N) is 4. The number of anilines is 4. The van der Waals surface area contributed by atoms with Crippen LogP contribution in [0.4, 0.5) is 23.0 Å². The van der Waals surface area contributed by atoms with E-state index in [9.17, 15) is 8.42 Å². The Hall–Kier alpha value is -3.21. The van der Waals surface area contributed by atoms with Crippen LogP contribution in [0.25, 0.3) is 0 Å². The number of aromatic nitrogens is 2. The van der Waals surface area contributed by atoms with E-state index in [1.165, 1.54) is 25.5 Å². The quantitative estimate of drug-likeness (QED) is 0.364. The zero-order valence-electron chi connectivity index (χ0n) is 16.7. The summed E-state index contributed by atoms with van der Waals surface area (Å²) < 4.78 is 31.9. The minimum absolute atomic E-state index is 0.166. The van der Waals surface area contributed by atoms with Gasteiger partial charge >= 0.3 is 0 Å². The van der Waals surface area contributed by atoms with Crippen molar-refractivity contribution in [1.29, 1.82) is 0 Å². The summed E-state index contributed by atoms with van der Waals surface area (Å²) in [5, 5.41) is 9.33. The summed E-state index contributed by atoms with van der Waals surface area (Å²) in [6.07, 6.45) is 1.42. The third kappa shape index (κ3) is 5.89. The van der Waals surface area contributed by atoms with Crippen molar-refractivity contribution >= 4 is 33.0 Å². The van der Waals surface area contributed by atoms with Gasteiger partial charge in [0.05, 0.1) is 4.90 Å². The molecule has 30 heavy (non-hydrogen) atoms. The Morgan fingerprint density at radius 3 is 2.27 bits per heavy atom. The molecule has 0 aliphatic heterocycles. The van der Waals surface area contributed by atoms with Gasteiger partial charge in [0.25, 0.3) is 0 Å². The largest absolute Gasteiger partial charge is 0.492 e. The highest BCUT2D eigenvalue weighted by Gasteiger charge is 2.11. The van der Waals surface area contributed by atoms with Crippen molar-refractivity contribution < 1.29 is 13.2 Å². The molecule has 9 nitrogen and oxygen atoms in total. The van der Waals surface area contributed by atoms with Crippen molar-refractivity contribution in [1.82, 2.24) is 20.0 Å². The van der Waals surface area contributed by atoms with Crippen LogP contribution in [0, 0.1) is 0 Å². The Balaban J connectivity index is 1.67. The maximum atomic E-state index is 12.0. The minimum atomic E-state index is -3.52. The average Bonchev–Trinajstić information content (AvgIpc) is 2.76. The molecule has 0 bridgehead atoms. The average molecular weight is 429 g/mol. The van der Waals surface area contributed by atoms with Gasteiger partial charge in [-0.15, -0.1) is 0 Å². The van der Waals surface area contributed by atoms with Crippen LogP contribution in [0.15, 0.2) is 65.8 Å². The van der Waals surface area contributed by atoms with Crippen LogP contribution < -0.4 is 25.4 Å². The predicted molar refractivity (Wildman–Crippen MR) is 117 cm³/mol. The standard InChI is InChI=1S/C20H24N6O3S/c1-21-10-11-29-17-8-6-15(7-9-17)25-19-13-20(24-14-23-19)26-16-4-3-5-18(12-16)30(27,28)22-2/h3-9,12-14,21-22H,10-11H2,1-2H3,(H2,23,24,25,26). The molecule has 0 amide bonds. The van der Waals surface area contributed by atoms with Crippen LogP contribution in [0.1, 0.15) is 0 Å². The third-order valence-electron chi connectivity index (χ3n) is 4.10. The lowest BCUT2D eigenvalue weighted by Gasteiger charge is -2.11. The first kappa shape index (κ1) is 21.5. The summed E-state index contributed by atoms with van der Waals surface area (Å²) in [6.45, 7) is 1.38. The van der Waals surface area contributed by atoms with Crippen molar-refractivity contribution in [2.24, 2.45) is 0 Å². The number of sulfonamides is 1. The third-order valence-corrected chi connectivity index (χ3v) is 5.51. The molecule has 4 N–H and O–H groups in total. The van der Waals surface area contributed by atoms with Crippen molar-refractivity contribution in [2.45, 2.75) is 4.90 Å². The van der Waals surface area contributed by atoms with Gasteiger partial charge in [0.1, 0.15) is 30.3 Å². The first-order chi connectivity index (χ1) is 14.5. The lowest BCUT2D eigenvalue weighted by Crippen LogP contribution is -2.18. The second-order valence-electron chi connectivity index (χ2n) is 6.25. The molecule has 0 unspecified atom stereocenters. The van der Waals surface area contributed by atoms with E-state index in [1.807, 2.05) is 31.3 Å². The molecule has 0 spiro atoms. The molecular formula is C20H24N6O3S. The van der Waals surface area contributed by atoms with Gasteiger partial charge in [-0.3, -0.25) is 0 Å². The molecule has 158 valence electrons. The molecule has 0 fully saturated rings. The normalized spacial score (nSPS) is 11.1. The zero-order chi connectivity index (χ0) is 21.4. The van der Waals surface area contributed by atoms with Crippen LogP contribution in [-0.4, -0.2) is 45.6 Å². The van der Waals surface area contributed by atoms with Gasteiger partial charge in [0.2, 0.25) is 10.0 Å². The Kier molecular flexibility index (Phi) is 7.17. The first-order valence-electron chi connectivity index (χ1n) is 9.27. The summed E-state index contributed by atoms with van der Waals surface area (Å²) in [4.78, 5) is 8.58. The van der Waals surface area contributed by atoms with Gasteiger partial charge in [-0.05, 0) is 56.6 Å². The summed E-state index contributed by atoms with van der Waals surface area (Å²) in [6, 6.07) is 15.8. The van der Waals surface area contributed by atoms with Gasteiger partial charge in [0.15, 0.2) is 0 Å². The van der Waals surface area contributed by atoms with Crippen molar-refractivity contribution in [3.63, 3.8) is 0 Å². The van der Waals surface area contributed by atoms with E-state index in [0.717, 1.165) is 18.0 Å². The van der Waals surface area contributed by atoms with Crippen LogP contribution in [0.5, 0.6) is 5.75 Å². The fourth-order valence-electron chi connectivity index (χ4n) is 2.55. The molecule has 0 radical (unpaired) electrons. The van der Waals surface area contributed by atoms with Gasteiger partial charge in [-0.25, -0.2) is 23.1 Å². The van der Waals surface area contributed by atoms with Crippen LogP contribution >= 0.6 is 0 Å². The van der Waals surface area contributed by atoms with Crippen molar-refractivity contribution in [3.8, 4) is 5.75 Å². The van der Waals surface area contributed by atoms with Gasteiger partial charge in [0, 0.05) is 24.0 Å². The number of ether oxygens (including phenoxy) is 1. The van der Waals surface area contributed by atoms with E-state index in [1.54, 1.807) is 18.2 Å². The van der Waals surface area contributed by atoms with Crippen molar-refractivity contribution in [3.05, 3.63) is 60.9 Å². The summed E-state index contributed by atoms with van der Waals surface area (Å²) in [5.74, 6) is 1.91. The van der Waals surface area contributed by atoms with E-state index in [-0.39, 0.29) is 4.90 Å². The molecule has 0 aliphatic carbocycles. The fourth-order valence-corrected chi connectivity index (χ4v) is 3.33. The summed E-state index contributed by atoms with van der Waals surface area (Å²) >= 11 is 0. The Morgan fingerprint density at radius 2 is 1.60 bits per heavy atom. The van der Waals surface area contributed by atoms with E-state index in [2.05, 4.69) is 30.6 Å². The number of likely N-dealkylation sites (N-methyl/N-ethyl adjacent to an activating group) is 1. The van der Waals surface area contributed by atoms with Gasteiger partial charge < -0.3 is 20.7 Å². The highest BCUT2D eigenvalue weighted by Crippen LogP contribution is 2.22. The molecule has 1 heterocycles. The summed E-state index contributed by atoms with van der Waals surface area (Å²) in [5.41, 5.74) is 1.45. The van der Waals surface area contributed by atoms with Gasteiger partial charge in [-0.1, -0.05) is 6.07 Å². The molecular weight excluding hydrogens is 404 g/mol. The lowest BCUT2D eigenvalue weighted by molar-refractivity contribution is 0.318. The molecule has 10 heteroatoms. The second kappa shape index (κ2) is 10.0. The smallest absolute Gasteiger partial charge is 0.240 e. The first-order valence-corrected chi connectivity index (χ1v) is 10.8. The molecule has 0 saturated heterocycles. The van der Waals surface area contributed by atoms with E-state index in [0.29, 0.717) is 23.9 Å². The lowest BCUT2D eigenvalue weighted by atomic mass is 10.3. The molecule has 1 aromatic heterocycles. The number of nitrogens with zero attached hydrogens (tertiary/aromatic N) is 2. The highest BCUT2D eigenvalue weighted by molar-refractivity contribution is 7.89.